The van der Waals surface area contributed by atoms with Gasteiger partial charge in [-0.05, 0) is 30.2 Å². The van der Waals surface area contributed by atoms with Gasteiger partial charge in [-0.15, -0.1) is 0 Å². The van der Waals surface area contributed by atoms with Gasteiger partial charge in [0.2, 0.25) is 0 Å². The second kappa shape index (κ2) is 7.87. The summed E-state index contributed by atoms with van der Waals surface area (Å²) in [6.45, 7) is 2.26. The molecule has 0 saturated heterocycles. The van der Waals surface area contributed by atoms with Crippen LogP contribution >= 0.6 is 0 Å². The Morgan fingerprint density at radius 3 is 2.53 bits per heavy atom. The van der Waals surface area contributed by atoms with Gasteiger partial charge in [0.15, 0.2) is 5.69 Å². The molecule has 152 valence electrons. The number of amides is 1. The number of aryl methyl sites for hydroxylation is 3. The van der Waals surface area contributed by atoms with Crippen molar-refractivity contribution in [3.63, 3.8) is 0 Å². The van der Waals surface area contributed by atoms with Crippen LogP contribution in [-0.4, -0.2) is 20.3 Å². The van der Waals surface area contributed by atoms with E-state index in [1.165, 1.54) is 4.57 Å². The minimum Gasteiger partial charge on any atom is -0.487 e. The van der Waals surface area contributed by atoms with Crippen LogP contribution in [0, 0.1) is 6.92 Å². The first-order valence-electron chi connectivity index (χ1n) is 9.55. The third-order valence-electron chi connectivity index (χ3n) is 4.93. The van der Waals surface area contributed by atoms with Crippen molar-refractivity contribution in [3.8, 4) is 5.75 Å². The van der Waals surface area contributed by atoms with Crippen LogP contribution in [0.3, 0.4) is 0 Å². The molecule has 30 heavy (non-hydrogen) atoms. The maximum atomic E-state index is 13.1. The number of nitrogens with zero attached hydrogens (tertiary/aromatic N) is 3. The predicted molar refractivity (Wildman–Crippen MR) is 116 cm³/mol. The molecule has 0 aliphatic rings. The van der Waals surface area contributed by atoms with Crippen molar-refractivity contribution in [1.29, 1.82) is 0 Å². The van der Waals surface area contributed by atoms with Crippen LogP contribution in [0.4, 0.5) is 5.69 Å². The fraction of sp³-hybridized carbons (Fsp3) is 0.174. The van der Waals surface area contributed by atoms with Gasteiger partial charge < -0.3 is 14.6 Å². The number of hydrogen-bond acceptors (Lipinski definition) is 4. The molecule has 0 bridgehead atoms. The maximum absolute atomic E-state index is 13.1. The maximum Gasteiger partial charge on any atom is 0.277 e. The van der Waals surface area contributed by atoms with Gasteiger partial charge in [-0.25, -0.2) is 0 Å². The molecule has 0 atom stereocenters. The predicted octanol–water partition coefficient (Wildman–Crippen LogP) is 3.41. The molecule has 1 N–H and O–H groups in total. The first-order chi connectivity index (χ1) is 14.5. The van der Waals surface area contributed by atoms with E-state index in [1.807, 2.05) is 49.4 Å². The lowest BCUT2D eigenvalue weighted by molar-refractivity contribution is 0.102. The number of carbonyl (C=O) groups excluding carboxylic acids is 1. The highest BCUT2D eigenvalue weighted by Gasteiger charge is 2.22. The van der Waals surface area contributed by atoms with Crippen LogP contribution in [0.1, 0.15) is 21.6 Å². The molecule has 0 aliphatic heterocycles. The van der Waals surface area contributed by atoms with Crippen molar-refractivity contribution >= 4 is 22.5 Å². The monoisotopic (exact) mass is 402 g/mol. The molecule has 2 aromatic heterocycles. The first kappa shape index (κ1) is 19.4. The molecule has 0 fully saturated rings. The largest absolute Gasteiger partial charge is 0.487 e. The van der Waals surface area contributed by atoms with Crippen molar-refractivity contribution in [2.45, 2.75) is 13.5 Å². The van der Waals surface area contributed by atoms with E-state index in [2.05, 4.69) is 10.4 Å². The van der Waals surface area contributed by atoms with E-state index in [-0.39, 0.29) is 11.3 Å². The summed E-state index contributed by atoms with van der Waals surface area (Å²) in [5.41, 5.74) is 2.89. The highest BCUT2D eigenvalue weighted by molar-refractivity contribution is 6.11. The third-order valence-corrected chi connectivity index (χ3v) is 4.93. The average molecular weight is 402 g/mol. The summed E-state index contributed by atoms with van der Waals surface area (Å²) in [5.74, 6) is 0.0816. The summed E-state index contributed by atoms with van der Waals surface area (Å²) >= 11 is 0. The Balaban J connectivity index is 1.65. The molecule has 7 heteroatoms. The highest BCUT2D eigenvalue weighted by atomic mass is 16.5. The highest BCUT2D eigenvalue weighted by Crippen LogP contribution is 2.26. The number of aromatic nitrogens is 3. The van der Waals surface area contributed by atoms with Crippen LogP contribution in [0.25, 0.3) is 10.9 Å². The molecule has 0 spiro atoms. The Morgan fingerprint density at radius 1 is 1.07 bits per heavy atom. The second-order valence-electron chi connectivity index (χ2n) is 7.15. The number of rotatable bonds is 5. The molecule has 0 unspecified atom stereocenters. The summed E-state index contributed by atoms with van der Waals surface area (Å²) in [4.78, 5) is 25.8. The number of pyridine rings is 1. The van der Waals surface area contributed by atoms with E-state index in [9.17, 15) is 9.59 Å². The van der Waals surface area contributed by atoms with Gasteiger partial charge in [0.1, 0.15) is 12.4 Å². The Morgan fingerprint density at radius 2 is 1.77 bits per heavy atom. The zero-order valence-corrected chi connectivity index (χ0v) is 17.0. The van der Waals surface area contributed by atoms with Crippen LogP contribution in [-0.2, 0) is 20.7 Å². The number of para-hydroxylation sites is 2. The van der Waals surface area contributed by atoms with E-state index in [4.69, 9.17) is 4.74 Å². The third kappa shape index (κ3) is 3.57. The van der Waals surface area contributed by atoms with E-state index in [0.717, 1.165) is 11.1 Å². The van der Waals surface area contributed by atoms with Crippen molar-refractivity contribution in [2.75, 3.05) is 5.32 Å². The number of fused-ring (bicyclic) bond motifs is 1. The number of anilines is 1. The van der Waals surface area contributed by atoms with Crippen LogP contribution < -0.4 is 15.6 Å². The van der Waals surface area contributed by atoms with Crippen molar-refractivity contribution in [2.24, 2.45) is 14.1 Å². The van der Waals surface area contributed by atoms with Crippen LogP contribution in [0.5, 0.6) is 5.75 Å². The smallest absolute Gasteiger partial charge is 0.277 e. The topological polar surface area (TPSA) is 78.2 Å². The summed E-state index contributed by atoms with van der Waals surface area (Å²) in [5, 5.41) is 7.47. The van der Waals surface area contributed by atoms with E-state index in [1.54, 1.807) is 37.1 Å². The lowest BCUT2D eigenvalue weighted by Gasteiger charge is -2.12. The van der Waals surface area contributed by atoms with Crippen LogP contribution in [0.2, 0.25) is 0 Å². The fourth-order valence-electron chi connectivity index (χ4n) is 3.54. The van der Waals surface area contributed by atoms with Crippen molar-refractivity contribution in [1.82, 2.24) is 14.3 Å². The summed E-state index contributed by atoms with van der Waals surface area (Å²) in [7, 11) is 3.39. The molecule has 7 nitrogen and oxygen atoms in total. The van der Waals surface area contributed by atoms with Gasteiger partial charge in [-0.3, -0.25) is 14.3 Å². The standard InChI is InChI=1S/C23H22N4O3/c1-15-13-26(2)23(29)19-20(25-27(3)21(15)19)22(28)24-17-11-7-8-12-18(17)30-14-16-9-5-4-6-10-16/h4-13H,14H2,1-3H3,(H,24,28). The second-order valence-corrected chi connectivity index (χ2v) is 7.15. The molecule has 4 rings (SSSR count). The lowest BCUT2D eigenvalue weighted by Crippen LogP contribution is -2.20. The lowest BCUT2D eigenvalue weighted by atomic mass is 10.1. The number of benzene rings is 2. The summed E-state index contributed by atoms with van der Waals surface area (Å²) < 4.78 is 8.94. The Kier molecular flexibility index (Phi) is 5.10. The van der Waals surface area contributed by atoms with E-state index >= 15 is 0 Å². The summed E-state index contributed by atoms with van der Waals surface area (Å²) in [6, 6.07) is 17.0. The normalized spacial score (nSPS) is 10.9. The Bertz CT molecular complexity index is 1290. The molecule has 0 saturated carbocycles. The van der Waals surface area contributed by atoms with Crippen molar-refractivity contribution < 1.29 is 9.53 Å². The number of hydrogen-bond donors (Lipinski definition) is 1. The number of nitrogens with one attached hydrogen (secondary N) is 1. The summed E-state index contributed by atoms with van der Waals surface area (Å²) in [6.07, 6.45) is 1.74. The SMILES string of the molecule is Cc1cn(C)c(=O)c2c(C(=O)Nc3ccccc3OCc3ccccc3)nn(C)c12. The fourth-order valence-corrected chi connectivity index (χ4v) is 3.54. The minimum atomic E-state index is -0.459. The number of carbonyl (C=O) groups is 1. The molecular formula is C23H22N4O3. The van der Waals surface area contributed by atoms with Gasteiger partial charge in [0.05, 0.1) is 16.6 Å². The van der Waals surface area contributed by atoms with Gasteiger partial charge in [0.25, 0.3) is 11.5 Å². The molecule has 4 aromatic rings. The van der Waals surface area contributed by atoms with Gasteiger partial charge >= 0.3 is 0 Å². The molecule has 0 aliphatic carbocycles. The van der Waals surface area contributed by atoms with E-state index in [0.29, 0.717) is 28.9 Å². The zero-order valence-electron chi connectivity index (χ0n) is 17.0. The minimum absolute atomic E-state index is 0.0923. The average Bonchev–Trinajstić information content (AvgIpc) is 3.10. The van der Waals surface area contributed by atoms with Crippen molar-refractivity contribution in [3.05, 3.63) is 88.0 Å². The van der Waals surface area contributed by atoms with Crippen LogP contribution in [0.15, 0.2) is 65.6 Å². The number of ether oxygens (including phenoxy) is 1. The van der Waals surface area contributed by atoms with Gasteiger partial charge in [-0.2, -0.15) is 5.10 Å². The van der Waals surface area contributed by atoms with E-state index < -0.39 is 5.91 Å². The molecule has 2 aromatic carbocycles. The van der Waals surface area contributed by atoms with Gasteiger partial charge in [-0.1, -0.05) is 42.5 Å². The Hall–Kier alpha value is -3.87. The molecule has 2 heterocycles. The molecule has 0 radical (unpaired) electrons. The molecular weight excluding hydrogens is 380 g/mol. The zero-order chi connectivity index (χ0) is 21.3. The Labute approximate surface area is 173 Å². The molecule has 1 amide bonds. The van der Waals surface area contributed by atoms with Gasteiger partial charge in [0, 0.05) is 20.3 Å². The quantitative estimate of drug-likeness (QED) is 0.555. The first-order valence-corrected chi connectivity index (χ1v) is 9.55.